The average molecular weight is 349 g/mol. The fourth-order valence-corrected chi connectivity index (χ4v) is 2.93. The number of hydroxylamine groups is 1. The standard InChI is InChI=1S/C22H23NO3/c24-22(23-26-16-8-14-20-13-7-15-25-20)17-21(18-9-3-1-4-10-18)19-11-5-2-6-12-19/h1-7,9-13,15,21H,8,14,16-17H2,(H,23,24). The molecule has 0 spiro atoms. The third-order valence-electron chi connectivity index (χ3n) is 4.23. The van der Waals surface area contributed by atoms with E-state index in [1.807, 2.05) is 48.5 Å². The van der Waals surface area contributed by atoms with Crippen molar-refractivity contribution in [2.24, 2.45) is 0 Å². The molecule has 0 bridgehead atoms. The Morgan fingerprint density at radius 2 is 1.58 bits per heavy atom. The van der Waals surface area contributed by atoms with Crippen molar-refractivity contribution in [3.8, 4) is 0 Å². The molecule has 26 heavy (non-hydrogen) atoms. The Labute approximate surface area is 153 Å². The second-order valence-corrected chi connectivity index (χ2v) is 6.13. The number of aryl methyl sites for hydroxylation is 1. The van der Waals surface area contributed by atoms with E-state index in [4.69, 9.17) is 9.25 Å². The lowest BCUT2D eigenvalue weighted by Gasteiger charge is -2.17. The number of hydrogen-bond acceptors (Lipinski definition) is 3. The van der Waals surface area contributed by atoms with Crippen LogP contribution in [0.1, 0.15) is 35.6 Å². The van der Waals surface area contributed by atoms with Crippen LogP contribution in [-0.2, 0) is 16.1 Å². The maximum absolute atomic E-state index is 12.3. The minimum Gasteiger partial charge on any atom is -0.469 e. The summed E-state index contributed by atoms with van der Waals surface area (Å²) in [7, 11) is 0. The van der Waals surface area contributed by atoms with Gasteiger partial charge in [0.1, 0.15) is 5.76 Å². The summed E-state index contributed by atoms with van der Waals surface area (Å²) in [5.74, 6) is 0.804. The van der Waals surface area contributed by atoms with E-state index in [0.29, 0.717) is 13.0 Å². The van der Waals surface area contributed by atoms with Crippen molar-refractivity contribution < 1.29 is 14.0 Å². The monoisotopic (exact) mass is 349 g/mol. The molecule has 0 unspecified atom stereocenters. The molecular weight excluding hydrogens is 326 g/mol. The van der Waals surface area contributed by atoms with Crippen molar-refractivity contribution in [3.63, 3.8) is 0 Å². The zero-order valence-corrected chi connectivity index (χ0v) is 14.6. The number of furan rings is 1. The van der Waals surface area contributed by atoms with Crippen molar-refractivity contribution in [2.45, 2.75) is 25.2 Å². The second kappa shape index (κ2) is 9.59. The molecule has 134 valence electrons. The molecule has 1 heterocycles. The topological polar surface area (TPSA) is 51.5 Å². The van der Waals surface area contributed by atoms with Gasteiger partial charge >= 0.3 is 0 Å². The average Bonchev–Trinajstić information content (AvgIpc) is 3.21. The molecule has 0 aliphatic heterocycles. The molecule has 0 aliphatic rings. The Morgan fingerprint density at radius 3 is 2.15 bits per heavy atom. The third kappa shape index (κ3) is 5.33. The Hall–Kier alpha value is -2.85. The zero-order chi connectivity index (χ0) is 18.0. The molecule has 1 N–H and O–H groups in total. The van der Waals surface area contributed by atoms with Crippen molar-refractivity contribution in [2.75, 3.05) is 6.61 Å². The van der Waals surface area contributed by atoms with Crippen molar-refractivity contribution in [1.29, 1.82) is 0 Å². The smallest absolute Gasteiger partial charge is 0.244 e. The summed E-state index contributed by atoms with van der Waals surface area (Å²) in [6, 6.07) is 23.9. The fraction of sp³-hybridized carbons (Fsp3) is 0.227. The van der Waals surface area contributed by atoms with Crippen LogP contribution in [0.15, 0.2) is 83.5 Å². The summed E-state index contributed by atoms with van der Waals surface area (Å²) >= 11 is 0. The van der Waals surface area contributed by atoms with Crippen LogP contribution in [0, 0.1) is 0 Å². The van der Waals surface area contributed by atoms with Gasteiger partial charge in [-0.1, -0.05) is 60.7 Å². The summed E-state index contributed by atoms with van der Waals surface area (Å²) in [6.45, 7) is 0.452. The van der Waals surface area contributed by atoms with Gasteiger partial charge in [0, 0.05) is 18.8 Å². The molecule has 2 aromatic carbocycles. The van der Waals surface area contributed by atoms with E-state index < -0.39 is 0 Å². The number of rotatable bonds is 9. The largest absolute Gasteiger partial charge is 0.469 e. The highest BCUT2D eigenvalue weighted by molar-refractivity contribution is 5.76. The van der Waals surface area contributed by atoms with E-state index in [1.165, 1.54) is 0 Å². The second-order valence-electron chi connectivity index (χ2n) is 6.13. The van der Waals surface area contributed by atoms with Crippen LogP contribution in [0.25, 0.3) is 0 Å². The molecule has 4 nitrogen and oxygen atoms in total. The first kappa shape index (κ1) is 18.0. The number of benzene rings is 2. The molecule has 0 atom stereocenters. The molecule has 1 aromatic heterocycles. The molecule has 3 aromatic rings. The summed E-state index contributed by atoms with van der Waals surface area (Å²) in [4.78, 5) is 17.7. The minimum atomic E-state index is -0.124. The van der Waals surface area contributed by atoms with E-state index in [1.54, 1.807) is 6.26 Å². The summed E-state index contributed by atoms with van der Waals surface area (Å²) in [5.41, 5.74) is 4.80. The SMILES string of the molecule is O=C(CC(c1ccccc1)c1ccccc1)NOCCCc1ccco1. The highest BCUT2D eigenvalue weighted by atomic mass is 16.6. The molecule has 3 rings (SSSR count). The van der Waals surface area contributed by atoms with Crippen molar-refractivity contribution >= 4 is 5.91 Å². The van der Waals surface area contributed by atoms with Crippen LogP contribution in [-0.4, -0.2) is 12.5 Å². The van der Waals surface area contributed by atoms with Gasteiger partial charge in [0.05, 0.1) is 12.9 Å². The van der Waals surface area contributed by atoms with Gasteiger partial charge < -0.3 is 4.42 Å². The van der Waals surface area contributed by atoms with E-state index in [9.17, 15) is 4.79 Å². The quantitative estimate of drug-likeness (QED) is 0.458. The maximum Gasteiger partial charge on any atom is 0.244 e. The molecule has 1 amide bonds. The number of nitrogens with one attached hydrogen (secondary N) is 1. The van der Waals surface area contributed by atoms with Crippen LogP contribution < -0.4 is 5.48 Å². The van der Waals surface area contributed by atoms with E-state index in [-0.39, 0.29) is 11.8 Å². The van der Waals surface area contributed by atoms with Gasteiger partial charge in [-0.3, -0.25) is 9.63 Å². The number of amides is 1. The van der Waals surface area contributed by atoms with Crippen LogP contribution >= 0.6 is 0 Å². The lowest BCUT2D eigenvalue weighted by molar-refractivity contribution is -0.133. The minimum absolute atomic E-state index is 0.00381. The first-order chi connectivity index (χ1) is 12.8. The highest BCUT2D eigenvalue weighted by Gasteiger charge is 2.18. The van der Waals surface area contributed by atoms with Gasteiger partial charge in [0.2, 0.25) is 5.91 Å². The van der Waals surface area contributed by atoms with Gasteiger partial charge in [-0.05, 0) is 29.7 Å². The number of carbonyl (C=O) groups is 1. The van der Waals surface area contributed by atoms with E-state index in [2.05, 4.69) is 29.7 Å². The normalized spacial score (nSPS) is 10.8. The van der Waals surface area contributed by atoms with Crippen LogP contribution in [0.2, 0.25) is 0 Å². The molecule has 4 heteroatoms. The Kier molecular flexibility index (Phi) is 6.62. The van der Waals surface area contributed by atoms with Gasteiger partial charge in [-0.15, -0.1) is 0 Å². The molecular formula is C22H23NO3. The van der Waals surface area contributed by atoms with E-state index in [0.717, 1.165) is 29.7 Å². The van der Waals surface area contributed by atoms with Crippen molar-refractivity contribution in [3.05, 3.63) is 95.9 Å². The number of carbonyl (C=O) groups excluding carboxylic acids is 1. The fourth-order valence-electron chi connectivity index (χ4n) is 2.93. The summed E-state index contributed by atoms with van der Waals surface area (Å²) in [5, 5.41) is 0. The van der Waals surface area contributed by atoms with Crippen LogP contribution in [0.4, 0.5) is 0 Å². The predicted molar refractivity (Wildman–Crippen MR) is 100 cm³/mol. The lowest BCUT2D eigenvalue weighted by atomic mass is 9.88. The maximum atomic E-state index is 12.3. The highest BCUT2D eigenvalue weighted by Crippen LogP contribution is 2.27. The van der Waals surface area contributed by atoms with Crippen LogP contribution in [0.5, 0.6) is 0 Å². The van der Waals surface area contributed by atoms with Gasteiger partial charge in [-0.2, -0.15) is 0 Å². The first-order valence-electron chi connectivity index (χ1n) is 8.86. The number of hydrogen-bond donors (Lipinski definition) is 1. The lowest BCUT2D eigenvalue weighted by Crippen LogP contribution is -2.26. The summed E-state index contributed by atoms with van der Waals surface area (Å²) in [6.07, 6.45) is 3.57. The van der Waals surface area contributed by atoms with Gasteiger partial charge in [0.25, 0.3) is 0 Å². The molecule has 0 saturated carbocycles. The van der Waals surface area contributed by atoms with Gasteiger partial charge in [-0.25, -0.2) is 5.48 Å². The Morgan fingerprint density at radius 1 is 0.923 bits per heavy atom. The molecule has 0 saturated heterocycles. The van der Waals surface area contributed by atoms with Crippen LogP contribution in [0.3, 0.4) is 0 Å². The Balaban J connectivity index is 1.51. The molecule has 0 aliphatic carbocycles. The molecule has 0 fully saturated rings. The Bertz CT molecular complexity index is 730. The van der Waals surface area contributed by atoms with Crippen molar-refractivity contribution in [1.82, 2.24) is 5.48 Å². The van der Waals surface area contributed by atoms with E-state index >= 15 is 0 Å². The zero-order valence-electron chi connectivity index (χ0n) is 14.6. The predicted octanol–water partition coefficient (Wildman–Crippen LogP) is 4.48. The first-order valence-corrected chi connectivity index (χ1v) is 8.86. The summed E-state index contributed by atoms with van der Waals surface area (Å²) < 4.78 is 5.27. The third-order valence-corrected chi connectivity index (χ3v) is 4.23. The molecule has 0 radical (unpaired) electrons. The van der Waals surface area contributed by atoms with Gasteiger partial charge in [0.15, 0.2) is 0 Å².